The maximum atomic E-state index is 12.9. The molecule has 0 spiro atoms. The summed E-state index contributed by atoms with van der Waals surface area (Å²) in [5, 5.41) is 8.77. The average Bonchev–Trinajstić information content (AvgIpc) is 3.02. The molecule has 0 saturated carbocycles. The first kappa shape index (κ1) is 17.5. The third-order valence-corrected chi connectivity index (χ3v) is 3.46. The first-order valence-corrected chi connectivity index (χ1v) is 7.58. The summed E-state index contributed by atoms with van der Waals surface area (Å²) in [6.45, 7) is 0.475. The Hall–Kier alpha value is -3.36. The van der Waals surface area contributed by atoms with Crippen molar-refractivity contribution >= 4 is 17.5 Å². The Bertz CT molecular complexity index is 893. The molecule has 1 aromatic carbocycles. The minimum Gasteiger partial charge on any atom is -0.307 e. The van der Waals surface area contributed by atoms with Crippen LogP contribution in [-0.2, 0) is 12.7 Å². The van der Waals surface area contributed by atoms with E-state index in [1.54, 1.807) is 29.3 Å². The minimum atomic E-state index is -4.56. The second-order valence-corrected chi connectivity index (χ2v) is 5.38. The van der Waals surface area contributed by atoms with Crippen molar-refractivity contribution < 1.29 is 18.0 Å². The summed E-state index contributed by atoms with van der Waals surface area (Å²) < 4.78 is 40.4. The number of pyridine rings is 1. The molecule has 0 unspecified atom stereocenters. The van der Waals surface area contributed by atoms with Crippen LogP contribution in [0, 0.1) is 0 Å². The number of hydrogen-bond donors (Lipinski definition) is 2. The van der Waals surface area contributed by atoms with Gasteiger partial charge in [-0.25, -0.2) is 4.79 Å². The largest absolute Gasteiger partial charge is 0.418 e. The minimum absolute atomic E-state index is 0.223. The highest BCUT2D eigenvalue weighted by atomic mass is 19.4. The number of rotatable bonds is 4. The number of halogens is 3. The quantitative estimate of drug-likeness (QED) is 0.738. The number of para-hydroxylation sites is 1. The summed E-state index contributed by atoms with van der Waals surface area (Å²) in [5.74, 6) is 0.223. The van der Waals surface area contributed by atoms with Crippen LogP contribution in [0.3, 0.4) is 0 Å². The average molecular weight is 361 g/mol. The first-order valence-electron chi connectivity index (χ1n) is 7.58. The van der Waals surface area contributed by atoms with Gasteiger partial charge in [0.15, 0.2) is 5.82 Å². The van der Waals surface area contributed by atoms with Gasteiger partial charge in [-0.2, -0.15) is 18.3 Å². The van der Waals surface area contributed by atoms with Crippen LogP contribution in [-0.4, -0.2) is 20.8 Å². The van der Waals surface area contributed by atoms with Gasteiger partial charge in [0, 0.05) is 24.7 Å². The molecule has 6 nitrogen and oxygen atoms in total. The smallest absolute Gasteiger partial charge is 0.307 e. The number of urea groups is 1. The van der Waals surface area contributed by atoms with Crippen LogP contribution in [0.1, 0.15) is 11.1 Å². The van der Waals surface area contributed by atoms with Crippen LogP contribution >= 0.6 is 0 Å². The molecule has 26 heavy (non-hydrogen) atoms. The predicted molar refractivity (Wildman–Crippen MR) is 89.7 cm³/mol. The fourth-order valence-electron chi connectivity index (χ4n) is 2.30. The number of anilines is 2. The molecule has 2 heterocycles. The van der Waals surface area contributed by atoms with Crippen LogP contribution < -0.4 is 10.6 Å². The normalized spacial score (nSPS) is 11.2. The van der Waals surface area contributed by atoms with Gasteiger partial charge < -0.3 is 5.32 Å². The molecule has 0 aliphatic carbocycles. The molecule has 0 saturated heterocycles. The van der Waals surface area contributed by atoms with Crippen molar-refractivity contribution in [3.8, 4) is 0 Å². The first-order chi connectivity index (χ1) is 12.4. The summed E-state index contributed by atoms with van der Waals surface area (Å²) in [7, 11) is 0. The number of nitrogens with one attached hydrogen (secondary N) is 2. The highest BCUT2D eigenvalue weighted by Crippen LogP contribution is 2.34. The van der Waals surface area contributed by atoms with Crippen LogP contribution in [0.5, 0.6) is 0 Å². The van der Waals surface area contributed by atoms with E-state index in [4.69, 9.17) is 0 Å². The summed E-state index contributed by atoms with van der Waals surface area (Å²) in [5.41, 5.74) is -0.273. The van der Waals surface area contributed by atoms with E-state index in [0.29, 0.717) is 6.54 Å². The van der Waals surface area contributed by atoms with E-state index < -0.39 is 17.8 Å². The number of hydrogen-bond acceptors (Lipinski definition) is 3. The number of amides is 2. The van der Waals surface area contributed by atoms with Gasteiger partial charge in [-0.3, -0.25) is 15.0 Å². The lowest BCUT2D eigenvalue weighted by Crippen LogP contribution is -2.22. The Morgan fingerprint density at radius 1 is 1.04 bits per heavy atom. The Morgan fingerprint density at radius 3 is 2.50 bits per heavy atom. The number of aromatic nitrogens is 3. The zero-order valence-corrected chi connectivity index (χ0v) is 13.4. The standard InChI is InChI=1S/C17H14F3N5O/c18-17(19,20)13-3-1-2-4-14(13)22-16(26)23-15-7-10-25(24-15)11-12-5-8-21-9-6-12/h1-10H,11H2,(H2,22,23,24,26). The Balaban J connectivity index is 1.65. The zero-order valence-electron chi connectivity index (χ0n) is 13.4. The Kier molecular flexibility index (Phi) is 4.87. The molecule has 9 heteroatoms. The van der Waals surface area contributed by atoms with Crippen molar-refractivity contribution in [2.75, 3.05) is 10.6 Å². The highest BCUT2D eigenvalue weighted by Gasteiger charge is 2.33. The number of carbonyl (C=O) groups is 1. The van der Waals surface area contributed by atoms with Crippen molar-refractivity contribution in [3.63, 3.8) is 0 Å². The van der Waals surface area contributed by atoms with E-state index in [9.17, 15) is 18.0 Å². The van der Waals surface area contributed by atoms with Crippen LogP contribution in [0.15, 0.2) is 61.1 Å². The van der Waals surface area contributed by atoms with E-state index >= 15 is 0 Å². The molecule has 2 N–H and O–H groups in total. The van der Waals surface area contributed by atoms with Crippen LogP contribution in [0.4, 0.5) is 29.5 Å². The summed E-state index contributed by atoms with van der Waals surface area (Å²) >= 11 is 0. The van der Waals surface area contributed by atoms with Crippen LogP contribution in [0.2, 0.25) is 0 Å². The molecule has 0 aliphatic heterocycles. The summed E-state index contributed by atoms with van der Waals surface area (Å²) in [4.78, 5) is 15.9. The molecular weight excluding hydrogens is 347 g/mol. The third-order valence-electron chi connectivity index (χ3n) is 3.46. The Morgan fingerprint density at radius 2 is 1.77 bits per heavy atom. The summed E-state index contributed by atoms with van der Waals surface area (Å²) in [6.07, 6.45) is 0.406. The van der Waals surface area contributed by atoms with Gasteiger partial charge in [0.2, 0.25) is 0 Å². The van der Waals surface area contributed by atoms with Crippen molar-refractivity contribution in [3.05, 3.63) is 72.2 Å². The lowest BCUT2D eigenvalue weighted by Gasteiger charge is -2.13. The number of benzene rings is 1. The lowest BCUT2D eigenvalue weighted by molar-refractivity contribution is -0.136. The second-order valence-electron chi connectivity index (χ2n) is 5.38. The van der Waals surface area contributed by atoms with Crippen LogP contribution in [0.25, 0.3) is 0 Å². The maximum absolute atomic E-state index is 12.9. The molecule has 0 fully saturated rings. The fraction of sp³-hybridized carbons (Fsp3) is 0.118. The molecule has 3 rings (SSSR count). The number of carbonyl (C=O) groups excluding carboxylic acids is 1. The van der Waals surface area contributed by atoms with E-state index in [0.717, 1.165) is 11.6 Å². The van der Waals surface area contributed by atoms with Gasteiger partial charge in [-0.1, -0.05) is 12.1 Å². The zero-order chi connectivity index (χ0) is 18.6. The number of nitrogens with zero attached hydrogens (tertiary/aromatic N) is 3. The SMILES string of the molecule is O=C(Nc1ccn(Cc2ccncc2)n1)Nc1ccccc1C(F)(F)F. The molecule has 0 aliphatic rings. The Labute approximate surface area is 146 Å². The molecule has 0 bridgehead atoms. The third kappa shape index (κ3) is 4.38. The molecule has 2 aromatic heterocycles. The van der Waals surface area contributed by atoms with Gasteiger partial charge >= 0.3 is 12.2 Å². The van der Waals surface area contributed by atoms with E-state index in [1.165, 1.54) is 18.2 Å². The molecule has 0 atom stereocenters. The number of alkyl halides is 3. The van der Waals surface area contributed by atoms with Gasteiger partial charge in [-0.05, 0) is 29.8 Å². The van der Waals surface area contributed by atoms with E-state index in [-0.39, 0.29) is 11.5 Å². The van der Waals surface area contributed by atoms with Gasteiger partial charge in [0.1, 0.15) is 0 Å². The van der Waals surface area contributed by atoms with Crippen molar-refractivity contribution in [1.29, 1.82) is 0 Å². The lowest BCUT2D eigenvalue weighted by atomic mass is 10.1. The molecule has 2 amide bonds. The highest BCUT2D eigenvalue weighted by molar-refractivity contribution is 5.99. The fourth-order valence-corrected chi connectivity index (χ4v) is 2.30. The monoisotopic (exact) mass is 361 g/mol. The van der Waals surface area contributed by atoms with E-state index in [2.05, 4.69) is 20.7 Å². The van der Waals surface area contributed by atoms with Gasteiger partial charge in [-0.15, -0.1) is 0 Å². The molecule has 134 valence electrons. The van der Waals surface area contributed by atoms with Gasteiger partial charge in [0.25, 0.3) is 0 Å². The van der Waals surface area contributed by atoms with E-state index in [1.807, 2.05) is 12.1 Å². The summed E-state index contributed by atoms with van der Waals surface area (Å²) in [6, 6.07) is 9.15. The molecule has 3 aromatic rings. The topological polar surface area (TPSA) is 71.8 Å². The van der Waals surface area contributed by atoms with Gasteiger partial charge in [0.05, 0.1) is 17.8 Å². The molecule has 0 radical (unpaired) electrons. The maximum Gasteiger partial charge on any atom is 0.418 e. The van der Waals surface area contributed by atoms with Crippen molar-refractivity contribution in [2.24, 2.45) is 0 Å². The van der Waals surface area contributed by atoms with Crippen molar-refractivity contribution in [1.82, 2.24) is 14.8 Å². The molecular formula is C17H14F3N5O. The second kappa shape index (κ2) is 7.26. The van der Waals surface area contributed by atoms with Crippen molar-refractivity contribution in [2.45, 2.75) is 12.7 Å². The predicted octanol–water partition coefficient (Wildman–Crippen LogP) is 3.99.